The third-order valence-corrected chi connectivity index (χ3v) is 3.12. The first-order valence-corrected chi connectivity index (χ1v) is 9.66. The summed E-state index contributed by atoms with van der Waals surface area (Å²) in [5.41, 5.74) is 0.0430. The Morgan fingerprint density at radius 3 is 1.83 bits per heavy atom. The minimum absolute atomic E-state index is 0.0918. The number of pyridine rings is 2. The SMILES string of the molecule is CC(C)Br.COC(=O)c1cc[nH]c(=O)c1.COC(=O)c1ccn(C(C)C)c(=O)c1. The minimum atomic E-state index is -0.504. The summed E-state index contributed by atoms with van der Waals surface area (Å²) in [5, 5.41) is 0. The number of methoxy groups -OCH3 is 2. The Hall–Kier alpha value is -2.68. The number of hydrogen-bond acceptors (Lipinski definition) is 6. The highest BCUT2D eigenvalue weighted by atomic mass is 79.9. The molecule has 29 heavy (non-hydrogen) atoms. The number of carbonyl (C=O) groups excluding carboxylic acids is 2. The van der Waals surface area contributed by atoms with Crippen molar-refractivity contribution in [3.05, 3.63) is 68.5 Å². The summed E-state index contributed by atoms with van der Waals surface area (Å²) >= 11 is 3.27. The number of hydrogen-bond donors (Lipinski definition) is 1. The Balaban J connectivity index is 0.000000466. The van der Waals surface area contributed by atoms with Crippen LogP contribution in [0.5, 0.6) is 0 Å². The predicted octanol–water partition coefficient (Wildman–Crippen LogP) is 3.17. The lowest BCUT2D eigenvalue weighted by molar-refractivity contribution is 0.0591. The third kappa shape index (κ3) is 10.4. The van der Waals surface area contributed by atoms with Crippen LogP contribution in [0.2, 0.25) is 0 Å². The molecule has 9 heteroatoms. The lowest BCUT2D eigenvalue weighted by Crippen LogP contribution is -2.22. The zero-order chi connectivity index (χ0) is 22.6. The van der Waals surface area contributed by atoms with Crippen LogP contribution in [0, 0.1) is 0 Å². The van der Waals surface area contributed by atoms with Crippen molar-refractivity contribution >= 4 is 27.9 Å². The number of aromatic nitrogens is 2. The van der Waals surface area contributed by atoms with Gasteiger partial charge in [-0.25, -0.2) is 9.59 Å². The molecule has 0 unspecified atom stereocenters. The molecule has 0 saturated carbocycles. The van der Waals surface area contributed by atoms with Crippen molar-refractivity contribution < 1.29 is 19.1 Å². The molecule has 0 aliphatic carbocycles. The smallest absolute Gasteiger partial charge is 0.338 e. The lowest BCUT2D eigenvalue weighted by atomic mass is 10.2. The average Bonchev–Trinajstić information content (AvgIpc) is 2.66. The second-order valence-electron chi connectivity index (χ2n) is 6.19. The highest BCUT2D eigenvalue weighted by molar-refractivity contribution is 9.09. The molecule has 0 amide bonds. The fourth-order valence-corrected chi connectivity index (χ4v) is 1.85. The predicted molar refractivity (Wildman–Crippen MR) is 115 cm³/mol. The first kappa shape index (κ1) is 26.3. The number of nitrogens with zero attached hydrogens (tertiary/aromatic N) is 1. The van der Waals surface area contributed by atoms with Crippen molar-refractivity contribution in [2.45, 2.75) is 38.6 Å². The van der Waals surface area contributed by atoms with E-state index in [9.17, 15) is 19.2 Å². The number of nitrogens with one attached hydrogen (secondary N) is 1. The molecule has 0 aliphatic heterocycles. The number of rotatable bonds is 3. The number of ether oxygens (including phenoxy) is 2. The van der Waals surface area contributed by atoms with E-state index in [1.165, 1.54) is 38.6 Å². The van der Waals surface area contributed by atoms with Gasteiger partial charge in [0.1, 0.15) is 0 Å². The maximum absolute atomic E-state index is 11.5. The summed E-state index contributed by atoms with van der Waals surface area (Å²) in [6.07, 6.45) is 2.99. The van der Waals surface area contributed by atoms with Gasteiger partial charge in [0.2, 0.25) is 5.56 Å². The van der Waals surface area contributed by atoms with E-state index in [-0.39, 0.29) is 28.3 Å². The molecule has 160 valence electrons. The molecule has 0 bridgehead atoms. The normalized spacial score (nSPS) is 9.69. The fraction of sp³-hybridized carbons (Fsp3) is 0.400. The molecule has 0 atom stereocenters. The topological polar surface area (TPSA) is 107 Å². The Morgan fingerprint density at radius 2 is 1.45 bits per heavy atom. The molecule has 0 aliphatic rings. The van der Waals surface area contributed by atoms with Crippen molar-refractivity contribution in [3.63, 3.8) is 0 Å². The van der Waals surface area contributed by atoms with Crippen LogP contribution in [0.15, 0.2) is 46.2 Å². The van der Waals surface area contributed by atoms with Gasteiger partial charge >= 0.3 is 11.9 Å². The second-order valence-corrected chi connectivity index (χ2v) is 8.02. The Bertz CT molecular complexity index is 899. The largest absolute Gasteiger partial charge is 0.465 e. The Labute approximate surface area is 178 Å². The van der Waals surface area contributed by atoms with Gasteiger partial charge in [-0.15, -0.1) is 0 Å². The minimum Gasteiger partial charge on any atom is -0.465 e. The van der Waals surface area contributed by atoms with E-state index in [0.29, 0.717) is 4.83 Å². The van der Waals surface area contributed by atoms with Crippen molar-refractivity contribution in [3.8, 4) is 0 Å². The molecule has 2 aromatic rings. The summed E-state index contributed by atoms with van der Waals surface area (Å²) < 4.78 is 10.5. The van der Waals surface area contributed by atoms with Crippen molar-refractivity contribution in [2.75, 3.05) is 14.2 Å². The first-order valence-electron chi connectivity index (χ1n) is 8.75. The van der Waals surface area contributed by atoms with Crippen molar-refractivity contribution in [1.82, 2.24) is 9.55 Å². The Morgan fingerprint density at radius 1 is 0.966 bits per heavy atom. The maximum atomic E-state index is 11.5. The van der Waals surface area contributed by atoms with E-state index in [4.69, 9.17) is 0 Å². The van der Waals surface area contributed by atoms with Gasteiger partial charge in [-0.2, -0.15) is 0 Å². The summed E-state index contributed by atoms with van der Waals surface area (Å²) in [5.74, 6) is -0.992. The molecule has 0 spiro atoms. The summed E-state index contributed by atoms with van der Waals surface area (Å²) in [6.45, 7) is 7.97. The number of carbonyl (C=O) groups is 2. The van der Waals surface area contributed by atoms with Crippen LogP contribution in [-0.4, -0.2) is 40.5 Å². The van der Waals surface area contributed by atoms with Gasteiger partial charge in [0.15, 0.2) is 0 Å². The average molecular weight is 471 g/mol. The Kier molecular flexibility index (Phi) is 12.2. The molecule has 0 aromatic carbocycles. The zero-order valence-electron chi connectivity index (χ0n) is 17.4. The number of esters is 2. The monoisotopic (exact) mass is 470 g/mol. The van der Waals surface area contributed by atoms with E-state index in [0.717, 1.165) is 0 Å². The molecular formula is C20H27BrN2O6. The molecule has 8 nitrogen and oxygen atoms in total. The highest BCUT2D eigenvalue weighted by Crippen LogP contribution is 2.02. The van der Waals surface area contributed by atoms with Gasteiger partial charge in [0.25, 0.3) is 5.56 Å². The fourth-order valence-electron chi connectivity index (χ4n) is 1.85. The van der Waals surface area contributed by atoms with Gasteiger partial charge < -0.3 is 19.0 Å². The van der Waals surface area contributed by atoms with Crippen LogP contribution in [0.4, 0.5) is 0 Å². The summed E-state index contributed by atoms with van der Waals surface area (Å²) in [6, 6.07) is 5.62. The van der Waals surface area contributed by atoms with E-state index < -0.39 is 11.9 Å². The highest BCUT2D eigenvalue weighted by Gasteiger charge is 2.08. The molecule has 2 rings (SSSR count). The number of H-pyrrole nitrogens is 1. The van der Waals surface area contributed by atoms with Crippen LogP contribution in [0.3, 0.4) is 0 Å². The maximum Gasteiger partial charge on any atom is 0.338 e. The van der Waals surface area contributed by atoms with E-state index in [2.05, 4.69) is 44.2 Å². The van der Waals surface area contributed by atoms with Crippen molar-refractivity contribution in [2.24, 2.45) is 0 Å². The van der Waals surface area contributed by atoms with E-state index in [1.54, 1.807) is 16.8 Å². The molecule has 2 aromatic heterocycles. The summed E-state index contributed by atoms with van der Waals surface area (Å²) in [7, 11) is 2.56. The second kappa shape index (κ2) is 13.5. The first-order chi connectivity index (χ1) is 13.5. The van der Waals surface area contributed by atoms with Crippen LogP contribution >= 0.6 is 15.9 Å². The van der Waals surface area contributed by atoms with Gasteiger partial charge in [-0.05, 0) is 26.0 Å². The van der Waals surface area contributed by atoms with E-state index >= 15 is 0 Å². The van der Waals surface area contributed by atoms with Gasteiger partial charge in [0.05, 0.1) is 25.3 Å². The molecule has 1 N–H and O–H groups in total. The van der Waals surface area contributed by atoms with Gasteiger partial charge in [-0.3, -0.25) is 9.59 Å². The van der Waals surface area contributed by atoms with Crippen molar-refractivity contribution in [1.29, 1.82) is 0 Å². The summed E-state index contributed by atoms with van der Waals surface area (Å²) in [4.78, 5) is 47.0. The van der Waals surface area contributed by atoms with Crippen LogP contribution in [0.1, 0.15) is 54.5 Å². The van der Waals surface area contributed by atoms with Gasteiger partial charge in [0, 0.05) is 35.4 Å². The van der Waals surface area contributed by atoms with E-state index in [1.807, 2.05) is 13.8 Å². The van der Waals surface area contributed by atoms with Gasteiger partial charge in [-0.1, -0.05) is 29.8 Å². The molecule has 2 heterocycles. The van der Waals surface area contributed by atoms with Crippen LogP contribution in [-0.2, 0) is 9.47 Å². The van der Waals surface area contributed by atoms with Crippen LogP contribution < -0.4 is 11.1 Å². The third-order valence-electron chi connectivity index (χ3n) is 3.12. The number of aromatic amines is 1. The lowest BCUT2D eigenvalue weighted by Gasteiger charge is -2.09. The standard InChI is InChI=1S/C10H13NO3.C7H7NO3.C3H7Br/c1-7(2)11-5-4-8(6-9(11)12)10(13)14-3;1-11-7(10)5-2-3-8-6(9)4-5;1-3(2)4/h4-7H,1-3H3;2-4H,1H3,(H,8,9);3H,1-2H3. The van der Waals surface area contributed by atoms with Crippen LogP contribution in [0.25, 0.3) is 0 Å². The number of halogens is 1. The molecule has 0 saturated heterocycles. The molecule has 0 fully saturated rings. The number of alkyl halides is 1. The zero-order valence-corrected chi connectivity index (χ0v) is 19.0. The quantitative estimate of drug-likeness (QED) is 0.545. The molecule has 0 radical (unpaired) electrons. The molecular weight excluding hydrogens is 444 g/mol.